The lowest BCUT2D eigenvalue weighted by molar-refractivity contribution is -0.118. The number of aromatic amines is 1. The highest BCUT2D eigenvalue weighted by molar-refractivity contribution is 9.10. The van der Waals surface area contributed by atoms with Gasteiger partial charge in [0.2, 0.25) is 0 Å². The molecule has 8 heteroatoms. The van der Waals surface area contributed by atoms with Crippen molar-refractivity contribution in [2.75, 3.05) is 5.75 Å². The minimum atomic E-state index is -0.292. The normalized spacial score (nSPS) is 11.5. The predicted octanol–water partition coefficient (Wildman–Crippen LogP) is 5.23. The molecule has 0 aliphatic carbocycles. The van der Waals surface area contributed by atoms with Crippen molar-refractivity contribution in [1.29, 1.82) is 0 Å². The monoisotopic (exact) mass is 516 g/mol. The highest BCUT2D eigenvalue weighted by Gasteiger charge is 2.09. The minimum Gasteiger partial charge on any atom is -0.301 e. The molecular weight excluding hydrogens is 500 g/mol. The summed E-state index contributed by atoms with van der Waals surface area (Å²) in [4.78, 5) is 31.8. The third-order valence-electron chi connectivity index (χ3n) is 5.18. The highest BCUT2D eigenvalue weighted by Crippen LogP contribution is 2.27. The number of amides is 1. The van der Waals surface area contributed by atoms with E-state index >= 15 is 0 Å². The number of nitrogens with zero attached hydrogens (tertiary/aromatic N) is 2. The van der Waals surface area contributed by atoms with Crippen LogP contribution in [0.25, 0.3) is 32.4 Å². The van der Waals surface area contributed by atoms with Gasteiger partial charge in [-0.15, -0.1) is 0 Å². The Morgan fingerprint density at radius 2 is 1.70 bits per heavy atom. The van der Waals surface area contributed by atoms with Gasteiger partial charge in [0, 0.05) is 10.0 Å². The number of nitrogens with one attached hydrogen (secondary N) is 2. The topological polar surface area (TPSA) is 87.2 Å². The molecule has 5 aromatic rings. The lowest BCUT2D eigenvalue weighted by atomic mass is 9.97. The van der Waals surface area contributed by atoms with Gasteiger partial charge in [-0.2, -0.15) is 5.10 Å². The molecule has 1 heterocycles. The zero-order chi connectivity index (χ0) is 22.8. The number of carbonyl (C=O) groups is 1. The Labute approximate surface area is 201 Å². The fourth-order valence-corrected chi connectivity index (χ4v) is 4.70. The molecule has 162 valence electrons. The molecule has 0 saturated heterocycles. The van der Waals surface area contributed by atoms with E-state index in [1.165, 1.54) is 0 Å². The van der Waals surface area contributed by atoms with Gasteiger partial charge < -0.3 is 4.98 Å². The number of fused-ring (bicyclic) bond motifs is 3. The molecule has 6 nitrogen and oxygen atoms in total. The quantitative estimate of drug-likeness (QED) is 0.110. The van der Waals surface area contributed by atoms with Crippen LogP contribution in [0.3, 0.4) is 0 Å². The summed E-state index contributed by atoms with van der Waals surface area (Å²) in [6.07, 6.45) is 1.68. The van der Waals surface area contributed by atoms with E-state index in [1.54, 1.807) is 18.3 Å². The smallest absolute Gasteiger partial charge is 0.259 e. The highest BCUT2D eigenvalue weighted by atomic mass is 79.9. The predicted molar refractivity (Wildman–Crippen MR) is 138 cm³/mol. The lowest BCUT2D eigenvalue weighted by Gasteiger charge is -2.08. The van der Waals surface area contributed by atoms with Crippen LogP contribution in [-0.4, -0.2) is 27.8 Å². The first-order valence-corrected chi connectivity index (χ1v) is 11.9. The minimum absolute atomic E-state index is 0.0681. The maximum Gasteiger partial charge on any atom is 0.259 e. The molecule has 0 aliphatic heterocycles. The maximum absolute atomic E-state index is 12.4. The van der Waals surface area contributed by atoms with Gasteiger partial charge in [-0.3, -0.25) is 9.59 Å². The molecule has 0 bridgehead atoms. The van der Waals surface area contributed by atoms with Crippen LogP contribution in [0.5, 0.6) is 0 Å². The number of benzene rings is 4. The SMILES string of the molecule is O=C(CSc1nc2ccc(Br)cc2c(=O)[nH]1)N/N=C/c1c2ccccc2cc2ccccc12. The zero-order valence-electron chi connectivity index (χ0n) is 17.2. The fraction of sp³-hybridized carbons (Fsp3) is 0.0400. The number of hydrazone groups is 1. The molecule has 0 aliphatic rings. The number of hydrogen-bond acceptors (Lipinski definition) is 5. The Morgan fingerprint density at radius 3 is 2.42 bits per heavy atom. The Morgan fingerprint density at radius 1 is 1.00 bits per heavy atom. The van der Waals surface area contributed by atoms with Gasteiger partial charge in [0.1, 0.15) is 0 Å². The fourth-order valence-electron chi connectivity index (χ4n) is 3.68. The van der Waals surface area contributed by atoms with Gasteiger partial charge in [0.15, 0.2) is 5.16 Å². The number of aromatic nitrogens is 2. The van der Waals surface area contributed by atoms with Crippen molar-refractivity contribution < 1.29 is 4.79 Å². The first kappa shape index (κ1) is 21.4. The van der Waals surface area contributed by atoms with Crippen molar-refractivity contribution in [3.63, 3.8) is 0 Å². The van der Waals surface area contributed by atoms with Gasteiger partial charge in [-0.25, -0.2) is 10.4 Å². The summed E-state index contributed by atoms with van der Waals surface area (Å²) >= 11 is 4.50. The standard InChI is InChI=1S/C25H17BrN4O2S/c26-17-9-10-22-20(12-17)24(32)29-25(28-22)33-14-23(31)30-27-13-21-18-7-3-1-5-15(18)11-16-6-2-4-8-19(16)21/h1-13H,14H2,(H,30,31)(H,28,29,32)/b27-13+. The van der Waals surface area contributed by atoms with Crippen LogP contribution < -0.4 is 11.0 Å². The van der Waals surface area contributed by atoms with Gasteiger partial charge in [-0.05, 0) is 45.8 Å². The van der Waals surface area contributed by atoms with Crippen LogP contribution in [0.1, 0.15) is 5.56 Å². The molecule has 1 aromatic heterocycles. The van der Waals surface area contributed by atoms with Crippen molar-refractivity contribution >= 4 is 72.3 Å². The number of thioether (sulfide) groups is 1. The number of rotatable bonds is 5. The molecule has 0 fully saturated rings. The van der Waals surface area contributed by atoms with Crippen LogP contribution in [0, 0.1) is 0 Å². The lowest BCUT2D eigenvalue weighted by Crippen LogP contribution is -2.20. The summed E-state index contributed by atoms with van der Waals surface area (Å²) in [6.45, 7) is 0. The van der Waals surface area contributed by atoms with E-state index in [2.05, 4.69) is 54.6 Å². The number of carbonyl (C=O) groups excluding carboxylic acids is 1. The molecule has 4 aromatic carbocycles. The third-order valence-corrected chi connectivity index (χ3v) is 6.55. The summed E-state index contributed by atoms with van der Waals surface area (Å²) in [7, 11) is 0. The molecule has 33 heavy (non-hydrogen) atoms. The first-order chi connectivity index (χ1) is 16.1. The van der Waals surface area contributed by atoms with E-state index in [0.29, 0.717) is 16.1 Å². The number of halogens is 1. The van der Waals surface area contributed by atoms with E-state index in [1.807, 2.05) is 42.5 Å². The van der Waals surface area contributed by atoms with Crippen LogP contribution in [0.4, 0.5) is 0 Å². The second-order valence-electron chi connectivity index (χ2n) is 7.35. The number of hydrogen-bond donors (Lipinski definition) is 2. The Kier molecular flexibility index (Phi) is 5.93. The Balaban J connectivity index is 1.32. The molecule has 0 spiro atoms. The van der Waals surface area contributed by atoms with Crippen molar-refractivity contribution in [2.24, 2.45) is 5.10 Å². The zero-order valence-corrected chi connectivity index (χ0v) is 19.6. The Bertz CT molecular complexity index is 1560. The van der Waals surface area contributed by atoms with Crippen LogP contribution in [0.15, 0.2) is 92.3 Å². The van der Waals surface area contributed by atoms with Crippen LogP contribution in [0.2, 0.25) is 0 Å². The van der Waals surface area contributed by atoms with Gasteiger partial charge in [0.05, 0.1) is 22.9 Å². The van der Waals surface area contributed by atoms with E-state index in [-0.39, 0.29) is 17.2 Å². The van der Waals surface area contributed by atoms with Crippen molar-refractivity contribution in [3.05, 3.63) is 93.2 Å². The molecule has 0 atom stereocenters. The van der Waals surface area contributed by atoms with Crippen LogP contribution in [-0.2, 0) is 4.79 Å². The third kappa shape index (κ3) is 4.53. The number of H-pyrrole nitrogens is 1. The van der Waals surface area contributed by atoms with Crippen molar-refractivity contribution in [2.45, 2.75) is 5.16 Å². The summed E-state index contributed by atoms with van der Waals surface area (Å²) in [5.41, 5.74) is 3.85. The molecule has 0 unspecified atom stereocenters. The van der Waals surface area contributed by atoms with E-state index in [0.717, 1.165) is 43.3 Å². The average molecular weight is 517 g/mol. The second kappa shape index (κ2) is 9.17. The molecule has 1 amide bonds. The molecule has 0 radical (unpaired) electrons. The largest absolute Gasteiger partial charge is 0.301 e. The average Bonchev–Trinajstić information content (AvgIpc) is 2.83. The molecule has 5 rings (SSSR count). The van der Waals surface area contributed by atoms with Gasteiger partial charge >= 0.3 is 0 Å². The van der Waals surface area contributed by atoms with Gasteiger partial charge in [-0.1, -0.05) is 76.2 Å². The summed E-state index contributed by atoms with van der Waals surface area (Å²) in [5.74, 6) is -0.224. The Hall–Kier alpha value is -3.49. The second-order valence-corrected chi connectivity index (χ2v) is 9.23. The maximum atomic E-state index is 12.4. The van der Waals surface area contributed by atoms with Crippen LogP contribution >= 0.6 is 27.7 Å². The van der Waals surface area contributed by atoms with E-state index < -0.39 is 0 Å². The van der Waals surface area contributed by atoms with E-state index in [9.17, 15) is 9.59 Å². The van der Waals surface area contributed by atoms with Crippen molar-refractivity contribution in [1.82, 2.24) is 15.4 Å². The summed E-state index contributed by atoms with van der Waals surface area (Å²) < 4.78 is 0.805. The molecule has 0 saturated carbocycles. The molecular formula is C25H17BrN4O2S. The first-order valence-electron chi connectivity index (χ1n) is 10.1. The van der Waals surface area contributed by atoms with Crippen molar-refractivity contribution in [3.8, 4) is 0 Å². The summed E-state index contributed by atoms with van der Waals surface area (Å²) in [5, 5.41) is 9.41. The molecule has 2 N–H and O–H groups in total. The van der Waals surface area contributed by atoms with E-state index in [4.69, 9.17) is 0 Å². The van der Waals surface area contributed by atoms with Gasteiger partial charge in [0.25, 0.3) is 11.5 Å². The summed E-state index contributed by atoms with van der Waals surface area (Å²) in [6, 6.07) is 23.6.